The lowest BCUT2D eigenvalue weighted by atomic mass is 10.1. The number of rotatable bonds is 3. The van der Waals surface area contributed by atoms with E-state index in [0.29, 0.717) is 11.0 Å². The van der Waals surface area contributed by atoms with Gasteiger partial charge in [-0.1, -0.05) is 24.3 Å². The second kappa shape index (κ2) is 5.89. The Bertz CT molecular complexity index is 1080. The first-order chi connectivity index (χ1) is 12.0. The number of carbonyl (C=O) groups excluding carboxylic acids is 1. The number of sulfone groups is 1. The van der Waals surface area contributed by atoms with Crippen LogP contribution in [0.4, 0.5) is 5.69 Å². The van der Waals surface area contributed by atoms with Crippen LogP contribution in [-0.4, -0.2) is 34.9 Å². The molecule has 0 radical (unpaired) electrons. The summed E-state index contributed by atoms with van der Waals surface area (Å²) < 4.78 is 33.8. The molecule has 2 heterocycles. The molecule has 1 aromatic heterocycles. The van der Waals surface area contributed by atoms with E-state index in [-0.39, 0.29) is 10.9 Å². The van der Waals surface area contributed by atoms with Gasteiger partial charge in [0.15, 0.2) is 9.84 Å². The summed E-state index contributed by atoms with van der Waals surface area (Å²) in [4.78, 5) is 14.4. The van der Waals surface area contributed by atoms with E-state index in [1.807, 2.05) is 31.2 Å². The van der Waals surface area contributed by atoms with Crippen LogP contribution in [0, 0.1) is 0 Å². The quantitative estimate of drug-likeness (QED) is 0.704. The van der Waals surface area contributed by atoms with Crippen molar-refractivity contribution in [2.24, 2.45) is 0 Å². The molecule has 0 N–H and O–H groups in total. The molecular weight excluding hydrogens is 358 g/mol. The lowest BCUT2D eigenvalue weighted by molar-refractivity contribution is -0.116. The minimum absolute atomic E-state index is 0.0585. The lowest BCUT2D eigenvalue weighted by Crippen LogP contribution is -2.39. The normalized spacial score (nSPS) is 17.0. The Balaban J connectivity index is 1.68. The molecule has 25 heavy (non-hydrogen) atoms. The van der Waals surface area contributed by atoms with E-state index < -0.39 is 21.5 Å². The summed E-state index contributed by atoms with van der Waals surface area (Å²) in [6.45, 7) is 1.93. The monoisotopic (exact) mass is 373 g/mol. The van der Waals surface area contributed by atoms with Gasteiger partial charge in [0, 0.05) is 11.7 Å². The maximum atomic E-state index is 12.8. The van der Waals surface area contributed by atoms with Gasteiger partial charge in [0.2, 0.25) is 5.91 Å². The molecule has 0 spiro atoms. The van der Waals surface area contributed by atoms with Crippen LogP contribution in [0.5, 0.6) is 0 Å². The zero-order chi connectivity index (χ0) is 17.6. The summed E-state index contributed by atoms with van der Waals surface area (Å²) >= 11 is 0.959. The van der Waals surface area contributed by atoms with E-state index in [1.54, 1.807) is 17.0 Å². The molecular formula is C17H15N3O3S2. The van der Waals surface area contributed by atoms with Gasteiger partial charge in [0.1, 0.15) is 16.8 Å². The maximum absolute atomic E-state index is 12.8. The molecule has 0 fully saturated rings. The van der Waals surface area contributed by atoms with Crippen molar-refractivity contribution < 1.29 is 13.2 Å². The van der Waals surface area contributed by atoms with Crippen LogP contribution in [-0.2, 0) is 21.1 Å². The van der Waals surface area contributed by atoms with E-state index in [1.165, 1.54) is 6.07 Å². The topological polar surface area (TPSA) is 80.2 Å². The van der Waals surface area contributed by atoms with Crippen molar-refractivity contribution in [1.82, 2.24) is 8.75 Å². The van der Waals surface area contributed by atoms with Crippen LogP contribution in [0.3, 0.4) is 0 Å². The molecule has 1 amide bonds. The first-order valence-electron chi connectivity index (χ1n) is 7.81. The highest BCUT2D eigenvalue weighted by Crippen LogP contribution is 2.32. The molecule has 4 rings (SSSR count). The third kappa shape index (κ3) is 2.71. The van der Waals surface area contributed by atoms with Crippen molar-refractivity contribution in [2.45, 2.75) is 24.3 Å². The Kier molecular flexibility index (Phi) is 3.81. The molecule has 8 heteroatoms. The number of benzene rings is 2. The number of fused-ring (bicyclic) bond motifs is 2. The molecule has 0 saturated carbocycles. The first kappa shape index (κ1) is 16.2. The van der Waals surface area contributed by atoms with Gasteiger partial charge in [0.05, 0.1) is 16.6 Å². The Morgan fingerprint density at radius 2 is 2.00 bits per heavy atom. The van der Waals surface area contributed by atoms with Crippen molar-refractivity contribution in [3.63, 3.8) is 0 Å². The SMILES string of the molecule is C[C@H]1Cc2ccccc2N1C(=O)CS(=O)(=O)c1cccc2nsnc12. The van der Waals surface area contributed by atoms with E-state index in [9.17, 15) is 13.2 Å². The minimum Gasteiger partial charge on any atom is -0.308 e. The molecule has 0 unspecified atom stereocenters. The molecule has 6 nitrogen and oxygen atoms in total. The summed E-state index contributed by atoms with van der Waals surface area (Å²) in [6.07, 6.45) is 0.730. The molecule has 128 valence electrons. The molecule has 3 aromatic rings. The third-order valence-corrected chi connectivity index (χ3v) is 6.54. The van der Waals surface area contributed by atoms with Gasteiger partial charge >= 0.3 is 0 Å². The summed E-state index contributed by atoms with van der Waals surface area (Å²) in [5.41, 5.74) is 2.71. The van der Waals surface area contributed by atoms with Gasteiger partial charge in [-0.05, 0) is 37.1 Å². The summed E-state index contributed by atoms with van der Waals surface area (Å²) in [7, 11) is -3.81. The zero-order valence-electron chi connectivity index (χ0n) is 13.4. The molecule has 1 aliphatic heterocycles. The van der Waals surface area contributed by atoms with Gasteiger partial charge in [-0.25, -0.2) is 8.42 Å². The molecule has 1 aliphatic rings. The van der Waals surface area contributed by atoms with Crippen molar-refractivity contribution in [3.05, 3.63) is 48.0 Å². The van der Waals surface area contributed by atoms with Crippen LogP contribution in [0.15, 0.2) is 47.4 Å². The zero-order valence-corrected chi connectivity index (χ0v) is 15.0. The fraction of sp³-hybridized carbons (Fsp3) is 0.235. The fourth-order valence-corrected chi connectivity index (χ4v) is 5.25. The van der Waals surface area contributed by atoms with Gasteiger partial charge < -0.3 is 4.90 Å². The number of amides is 1. The Labute approximate surface area is 149 Å². The van der Waals surface area contributed by atoms with Crippen LogP contribution in [0.1, 0.15) is 12.5 Å². The van der Waals surface area contributed by atoms with Crippen molar-refractivity contribution >= 4 is 44.2 Å². The highest BCUT2D eigenvalue weighted by atomic mass is 32.2. The summed E-state index contributed by atoms with van der Waals surface area (Å²) in [5.74, 6) is -1.000. The summed E-state index contributed by atoms with van der Waals surface area (Å²) in [5, 5.41) is 0. The number of para-hydroxylation sites is 1. The Hall–Kier alpha value is -2.32. The molecule has 1 atom stereocenters. The smallest absolute Gasteiger partial charge is 0.242 e. The van der Waals surface area contributed by atoms with Gasteiger partial charge in [-0.2, -0.15) is 8.75 Å². The van der Waals surface area contributed by atoms with Crippen LogP contribution in [0.2, 0.25) is 0 Å². The number of hydrogen-bond donors (Lipinski definition) is 0. The fourth-order valence-electron chi connectivity index (χ4n) is 3.29. The van der Waals surface area contributed by atoms with Crippen molar-refractivity contribution in [3.8, 4) is 0 Å². The summed E-state index contributed by atoms with van der Waals surface area (Å²) in [6, 6.07) is 12.3. The van der Waals surface area contributed by atoms with Gasteiger partial charge in [-0.15, -0.1) is 0 Å². The highest BCUT2D eigenvalue weighted by Gasteiger charge is 2.34. The number of anilines is 1. The highest BCUT2D eigenvalue weighted by molar-refractivity contribution is 7.92. The average Bonchev–Trinajstić information content (AvgIpc) is 3.16. The lowest BCUT2D eigenvalue weighted by Gasteiger charge is -2.22. The number of carbonyl (C=O) groups is 1. The van der Waals surface area contributed by atoms with E-state index in [4.69, 9.17) is 0 Å². The van der Waals surface area contributed by atoms with Gasteiger partial charge in [-0.3, -0.25) is 4.79 Å². The first-order valence-corrected chi connectivity index (χ1v) is 10.2. The minimum atomic E-state index is -3.81. The predicted molar refractivity (Wildman–Crippen MR) is 96.6 cm³/mol. The number of aromatic nitrogens is 2. The van der Waals surface area contributed by atoms with E-state index in [0.717, 1.165) is 29.4 Å². The number of nitrogens with zero attached hydrogens (tertiary/aromatic N) is 3. The maximum Gasteiger partial charge on any atom is 0.242 e. The second-order valence-electron chi connectivity index (χ2n) is 6.09. The predicted octanol–water partition coefficient (Wildman–Crippen LogP) is 2.44. The standard InChI is InChI=1S/C17H15N3O3S2/c1-11-9-12-5-2-3-7-14(12)20(11)16(21)10-25(22,23)15-8-4-6-13-17(15)19-24-18-13/h2-8,11H,9-10H2,1H3/t11-/m0/s1. The molecule has 0 bridgehead atoms. The van der Waals surface area contributed by atoms with Crippen molar-refractivity contribution in [1.29, 1.82) is 0 Å². The molecule has 2 aromatic carbocycles. The van der Waals surface area contributed by atoms with Gasteiger partial charge in [0.25, 0.3) is 0 Å². The molecule has 0 saturated heterocycles. The molecule has 0 aliphatic carbocycles. The van der Waals surface area contributed by atoms with Crippen LogP contribution >= 0.6 is 11.7 Å². The number of hydrogen-bond acceptors (Lipinski definition) is 6. The van der Waals surface area contributed by atoms with Crippen LogP contribution in [0.25, 0.3) is 11.0 Å². The Morgan fingerprint density at radius 1 is 1.20 bits per heavy atom. The van der Waals surface area contributed by atoms with E-state index >= 15 is 0 Å². The largest absolute Gasteiger partial charge is 0.308 e. The second-order valence-corrected chi connectivity index (χ2v) is 8.58. The Morgan fingerprint density at radius 3 is 2.84 bits per heavy atom. The average molecular weight is 373 g/mol. The van der Waals surface area contributed by atoms with Crippen molar-refractivity contribution in [2.75, 3.05) is 10.7 Å². The third-order valence-electron chi connectivity index (χ3n) is 4.37. The van der Waals surface area contributed by atoms with E-state index in [2.05, 4.69) is 8.75 Å². The van der Waals surface area contributed by atoms with Crippen LogP contribution < -0.4 is 4.90 Å².